The molecule has 0 aliphatic rings. The van der Waals surface area contributed by atoms with Gasteiger partial charge in [0.05, 0.1) is 0 Å². The Balaban J connectivity index is 1.60. The van der Waals surface area contributed by atoms with Gasteiger partial charge in [0.25, 0.3) is 0 Å². The Morgan fingerprint density at radius 3 is 2.25 bits per heavy atom. The van der Waals surface area contributed by atoms with Crippen molar-refractivity contribution in [1.82, 2.24) is 0 Å². The highest BCUT2D eigenvalue weighted by Gasteiger charge is 2.03. The molecule has 0 spiro atoms. The smallest absolute Gasteiger partial charge is 0.323 e. The first kappa shape index (κ1) is 22.4. The lowest BCUT2D eigenvalue weighted by Gasteiger charge is -2.09. The lowest BCUT2D eigenvalue weighted by Crippen LogP contribution is -2.19. The number of alkyl halides is 1. The van der Waals surface area contributed by atoms with E-state index in [1.165, 1.54) is 24.8 Å². The fourth-order valence-electron chi connectivity index (χ4n) is 2.91. The van der Waals surface area contributed by atoms with Crippen molar-refractivity contribution in [3.8, 4) is 0 Å². The van der Waals surface area contributed by atoms with Crippen LogP contribution in [0.1, 0.15) is 44.1 Å². The minimum atomic E-state index is -0.229. The van der Waals surface area contributed by atoms with Gasteiger partial charge in [-0.3, -0.25) is 0 Å². The molecule has 0 bridgehead atoms. The Morgan fingerprint density at radius 1 is 0.786 bits per heavy atom. The number of halogens is 1. The van der Waals surface area contributed by atoms with Gasteiger partial charge in [-0.05, 0) is 61.9 Å². The predicted molar refractivity (Wildman–Crippen MR) is 122 cm³/mol. The molecule has 0 saturated carbocycles. The van der Waals surface area contributed by atoms with Crippen molar-refractivity contribution in [3.63, 3.8) is 0 Å². The summed E-state index contributed by atoms with van der Waals surface area (Å²) in [7, 11) is 0. The standard InChI is InChI=1S/C23H31BrN2O2/c24-16-7-1-2-8-17-28-18-9-6-11-20-12-10-15-22(19-20)26-23(27)25-21-13-4-3-5-14-21/h3-5,10,12-15,19H,1-2,6-9,11,16-18H2,(H2,25,26,27). The van der Waals surface area contributed by atoms with Crippen LogP contribution in [0.5, 0.6) is 0 Å². The van der Waals surface area contributed by atoms with Crippen LogP contribution in [0.2, 0.25) is 0 Å². The number of urea groups is 1. The van der Waals surface area contributed by atoms with Gasteiger partial charge in [0.15, 0.2) is 0 Å². The molecule has 0 atom stereocenters. The van der Waals surface area contributed by atoms with E-state index >= 15 is 0 Å². The summed E-state index contributed by atoms with van der Waals surface area (Å²) in [6.07, 6.45) is 8.08. The van der Waals surface area contributed by atoms with E-state index in [2.05, 4.69) is 32.6 Å². The van der Waals surface area contributed by atoms with Crippen LogP contribution in [0.3, 0.4) is 0 Å². The second-order valence-corrected chi connectivity index (χ2v) is 7.61. The molecule has 2 aromatic carbocycles. The van der Waals surface area contributed by atoms with E-state index in [-0.39, 0.29) is 6.03 Å². The third-order valence-electron chi connectivity index (χ3n) is 4.39. The first-order valence-electron chi connectivity index (χ1n) is 10.1. The first-order valence-corrected chi connectivity index (χ1v) is 11.3. The normalized spacial score (nSPS) is 10.6. The molecule has 4 nitrogen and oxygen atoms in total. The Morgan fingerprint density at radius 2 is 1.46 bits per heavy atom. The summed E-state index contributed by atoms with van der Waals surface area (Å²) in [5.74, 6) is 0. The molecule has 5 heteroatoms. The van der Waals surface area contributed by atoms with Crippen LogP contribution in [0.15, 0.2) is 54.6 Å². The second kappa shape index (κ2) is 14.2. The number of amides is 2. The van der Waals surface area contributed by atoms with Crippen molar-refractivity contribution in [2.45, 2.75) is 44.9 Å². The van der Waals surface area contributed by atoms with Gasteiger partial charge in [0.2, 0.25) is 0 Å². The number of carbonyl (C=O) groups is 1. The fraction of sp³-hybridized carbons (Fsp3) is 0.435. The average molecular weight is 447 g/mol. The number of benzene rings is 2. The predicted octanol–water partition coefficient (Wildman–Crippen LogP) is 6.63. The molecular weight excluding hydrogens is 416 g/mol. The maximum absolute atomic E-state index is 12.1. The molecule has 2 N–H and O–H groups in total. The van der Waals surface area contributed by atoms with Crippen molar-refractivity contribution in [2.24, 2.45) is 0 Å². The topological polar surface area (TPSA) is 50.4 Å². The maximum Gasteiger partial charge on any atom is 0.323 e. The lowest BCUT2D eigenvalue weighted by molar-refractivity contribution is 0.126. The zero-order valence-corrected chi connectivity index (χ0v) is 18.0. The van der Waals surface area contributed by atoms with Crippen molar-refractivity contribution < 1.29 is 9.53 Å². The highest BCUT2D eigenvalue weighted by Crippen LogP contribution is 2.14. The van der Waals surface area contributed by atoms with Crippen LogP contribution >= 0.6 is 15.9 Å². The molecule has 28 heavy (non-hydrogen) atoms. The Kier molecular flexibility index (Phi) is 11.4. The summed E-state index contributed by atoms with van der Waals surface area (Å²) < 4.78 is 5.71. The number of anilines is 2. The molecule has 0 heterocycles. The van der Waals surface area contributed by atoms with E-state index < -0.39 is 0 Å². The fourth-order valence-corrected chi connectivity index (χ4v) is 3.30. The van der Waals surface area contributed by atoms with E-state index in [0.29, 0.717) is 0 Å². The molecule has 2 amide bonds. The van der Waals surface area contributed by atoms with E-state index in [1.54, 1.807) is 0 Å². The van der Waals surface area contributed by atoms with Crippen LogP contribution in [-0.4, -0.2) is 24.6 Å². The molecule has 0 unspecified atom stereocenters. The van der Waals surface area contributed by atoms with E-state index in [1.807, 2.05) is 48.5 Å². The summed E-state index contributed by atoms with van der Waals surface area (Å²) >= 11 is 3.45. The number of aryl methyl sites for hydroxylation is 1. The Hall–Kier alpha value is -1.85. The third kappa shape index (κ3) is 9.90. The van der Waals surface area contributed by atoms with Crippen molar-refractivity contribution in [3.05, 3.63) is 60.2 Å². The number of hydrogen-bond donors (Lipinski definition) is 2. The first-order chi connectivity index (χ1) is 13.8. The Bertz CT molecular complexity index is 679. The summed E-state index contributed by atoms with van der Waals surface area (Å²) in [5, 5.41) is 6.82. The monoisotopic (exact) mass is 446 g/mol. The lowest BCUT2D eigenvalue weighted by atomic mass is 10.1. The highest BCUT2D eigenvalue weighted by molar-refractivity contribution is 9.09. The van der Waals surface area contributed by atoms with Crippen LogP contribution in [0.4, 0.5) is 16.2 Å². The number of para-hydroxylation sites is 1. The third-order valence-corrected chi connectivity index (χ3v) is 4.95. The maximum atomic E-state index is 12.1. The van der Waals surface area contributed by atoms with Crippen LogP contribution in [-0.2, 0) is 11.2 Å². The van der Waals surface area contributed by atoms with Gasteiger partial charge >= 0.3 is 6.03 Å². The summed E-state index contributed by atoms with van der Waals surface area (Å²) in [6, 6.07) is 17.2. The summed E-state index contributed by atoms with van der Waals surface area (Å²) in [4.78, 5) is 12.1. The van der Waals surface area contributed by atoms with Crippen molar-refractivity contribution in [1.29, 1.82) is 0 Å². The highest BCUT2D eigenvalue weighted by atomic mass is 79.9. The number of ether oxygens (including phenoxy) is 1. The number of nitrogens with one attached hydrogen (secondary N) is 2. The van der Waals surface area contributed by atoms with Crippen molar-refractivity contribution >= 4 is 33.3 Å². The second-order valence-electron chi connectivity index (χ2n) is 6.82. The molecule has 0 radical (unpaired) electrons. The van der Waals surface area contributed by atoms with E-state index in [4.69, 9.17) is 4.74 Å². The summed E-state index contributed by atoms with van der Waals surface area (Å²) in [5.41, 5.74) is 2.82. The van der Waals surface area contributed by atoms with Gasteiger partial charge in [-0.25, -0.2) is 4.79 Å². The number of rotatable bonds is 13. The quantitative estimate of drug-likeness (QED) is 0.268. The minimum Gasteiger partial charge on any atom is -0.381 e. The number of unbranched alkanes of at least 4 members (excludes halogenated alkanes) is 4. The molecule has 0 fully saturated rings. The average Bonchev–Trinajstić information content (AvgIpc) is 2.70. The zero-order chi connectivity index (χ0) is 19.9. The van der Waals surface area contributed by atoms with Gasteiger partial charge < -0.3 is 15.4 Å². The number of hydrogen-bond acceptors (Lipinski definition) is 2. The van der Waals surface area contributed by atoms with Gasteiger partial charge in [-0.15, -0.1) is 0 Å². The van der Waals surface area contributed by atoms with E-state index in [0.717, 1.165) is 55.6 Å². The minimum absolute atomic E-state index is 0.229. The van der Waals surface area contributed by atoms with Gasteiger partial charge in [-0.2, -0.15) is 0 Å². The molecule has 0 aliphatic heterocycles. The molecule has 0 aromatic heterocycles. The summed E-state index contributed by atoms with van der Waals surface area (Å²) in [6.45, 7) is 1.70. The largest absolute Gasteiger partial charge is 0.381 e. The van der Waals surface area contributed by atoms with Crippen LogP contribution < -0.4 is 10.6 Å². The van der Waals surface area contributed by atoms with Gasteiger partial charge in [0.1, 0.15) is 0 Å². The molecule has 0 saturated heterocycles. The molecule has 2 rings (SSSR count). The van der Waals surface area contributed by atoms with Crippen LogP contribution in [0, 0.1) is 0 Å². The molecule has 0 aliphatic carbocycles. The van der Waals surface area contributed by atoms with Gasteiger partial charge in [0, 0.05) is 29.9 Å². The number of carbonyl (C=O) groups excluding carboxylic acids is 1. The van der Waals surface area contributed by atoms with Gasteiger partial charge in [-0.1, -0.05) is 59.1 Å². The van der Waals surface area contributed by atoms with E-state index in [9.17, 15) is 4.79 Å². The SMILES string of the molecule is O=C(Nc1ccccc1)Nc1cccc(CCCCOCCCCCCBr)c1. The molecule has 2 aromatic rings. The van der Waals surface area contributed by atoms with Crippen molar-refractivity contribution in [2.75, 3.05) is 29.2 Å². The van der Waals surface area contributed by atoms with Crippen LogP contribution in [0.25, 0.3) is 0 Å². The Labute approximate surface area is 177 Å². The zero-order valence-electron chi connectivity index (χ0n) is 16.5. The molecule has 152 valence electrons. The molecular formula is C23H31BrN2O2.